The number of alkyl halides is 1. The Morgan fingerprint density at radius 1 is 0.913 bits per heavy atom. The van der Waals surface area contributed by atoms with Crippen LogP contribution in [0.3, 0.4) is 0 Å². The fourth-order valence-electron chi connectivity index (χ4n) is 2.67. The fourth-order valence-corrected chi connectivity index (χ4v) is 2.67. The van der Waals surface area contributed by atoms with Crippen molar-refractivity contribution in [1.29, 1.82) is 0 Å². The standard InChI is InChI=1S/C20H26FNO/c1-2-19(21)20(23)13-14-22(15-17-9-5-3-6-10-17)16-18-11-7-4-8-12-18/h3-12,19-20,23H,2,13-16H2,1H3/t19-,20+/m0/s1. The zero-order valence-electron chi connectivity index (χ0n) is 13.7. The topological polar surface area (TPSA) is 23.5 Å². The lowest BCUT2D eigenvalue weighted by molar-refractivity contribution is 0.0567. The molecule has 0 bridgehead atoms. The van der Waals surface area contributed by atoms with Crippen molar-refractivity contribution in [3.05, 3.63) is 71.8 Å². The molecule has 1 N–H and O–H groups in total. The molecule has 0 saturated carbocycles. The van der Waals surface area contributed by atoms with Crippen molar-refractivity contribution < 1.29 is 9.50 Å². The van der Waals surface area contributed by atoms with E-state index < -0.39 is 12.3 Å². The van der Waals surface area contributed by atoms with Gasteiger partial charge in [0.2, 0.25) is 0 Å². The van der Waals surface area contributed by atoms with Crippen LogP contribution >= 0.6 is 0 Å². The van der Waals surface area contributed by atoms with E-state index in [-0.39, 0.29) is 0 Å². The van der Waals surface area contributed by atoms with Crippen LogP contribution in [0.1, 0.15) is 30.9 Å². The molecule has 0 heterocycles. The molecule has 0 fully saturated rings. The SMILES string of the molecule is CC[C@H](F)[C@H](O)CCN(Cc1ccccc1)Cc1ccccc1. The van der Waals surface area contributed by atoms with Crippen LogP contribution in [0.2, 0.25) is 0 Å². The van der Waals surface area contributed by atoms with Gasteiger partial charge in [0.1, 0.15) is 6.17 Å². The molecule has 0 aliphatic carbocycles. The minimum absolute atomic E-state index is 0.360. The Morgan fingerprint density at radius 3 is 1.83 bits per heavy atom. The van der Waals surface area contributed by atoms with E-state index in [0.29, 0.717) is 19.4 Å². The molecule has 0 unspecified atom stereocenters. The van der Waals surface area contributed by atoms with E-state index in [1.807, 2.05) is 36.4 Å². The van der Waals surface area contributed by atoms with Crippen LogP contribution in [0.4, 0.5) is 4.39 Å². The monoisotopic (exact) mass is 315 g/mol. The largest absolute Gasteiger partial charge is 0.390 e. The predicted octanol–water partition coefficient (Wildman–Crippen LogP) is 4.19. The zero-order chi connectivity index (χ0) is 16.5. The van der Waals surface area contributed by atoms with Crippen LogP contribution in [-0.2, 0) is 13.1 Å². The van der Waals surface area contributed by atoms with Gasteiger partial charge in [-0.05, 0) is 24.0 Å². The molecule has 0 aliphatic rings. The Balaban J connectivity index is 1.99. The number of aliphatic hydroxyl groups is 1. The second kappa shape index (κ2) is 9.43. The van der Waals surface area contributed by atoms with Crippen molar-refractivity contribution in [1.82, 2.24) is 4.90 Å². The van der Waals surface area contributed by atoms with E-state index in [4.69, 9.17) is 0 Å². The van der Waals surface area contributed by atoms with E-state index in [1.165, 1.54) is 11.1 Å². The van der Waals surface area contributed by atoms with Crippen molar-refractivity contribution in [2.24, 2.45) is 0 Å². The lowest BCUT2D eigenvalue weighted by atomic mass is 10.1. The summed E-state index contributed by atoms with van der Waals surface area (Å²) < 4.78 is 13.6. The third kappa shape index (κ3) is 6.12. The molecule has 2 atom stereocenters. The van der Waals surface area contributed by atoms with Gasteiger partial charge in [-0.1, -0.05) is 67.6 Å². The molecule has 2 aromatic carbocycles. The van der Waals surface area contributed by atoms with Crippen molar-refractivity contribution in [2.75, 3.05) is 6.54 Å². The van der Waals surface area contributed by atoms with Gasteiger partial charge in [-0.15, -0.1) is 0 Å². The first kappa shape index (κ1) is 17.6. The van der Waals surface area contributed by atoms with Crippen LogP contribution < -0.4 is 0 Å². The third-order valence-electron chi connectivity index (χ3n) is 4.05. The summed E-state index contributed by atoms with van der Waals surface area (Å²) in [7, 11) is 0. The number of hydrogen-bond acceptors (Lipinski definition) is 2. The Hall–Kier alpha value is -1.71. The van der Waals surface area contributed by atoms with Crippen molar-refractivity contribution >= 4 is 0 Å². The van der Waals surface area contributed by atoms with Gasteiger partial charge < -0.3 is 5.11 Å². The van der Waals surface area contributed by atoms with Gasteiger partial charge in [-0.2, -0.15) is 0 Å². The molecule has 23 heavy (non-hydrogen) atoms. The second-order valence-electron chi connectivity index (χ2n) is 5.96. The minimum Gasteiger partial charge on any atom is -0.390 e. The Bertz CT molecular complexity index is 505. The number of nitrogens with zero attached hydrogens (tertiary/aromatic N) is 1. The van der Waals surface area contributed by atoms with E-state index in [2.05, 4.69) is 29.2 Å². The third-order valence-corrected chi connectivity index (χ3v) is 4.05. The second-order valence-corrected chi connectivity index (χ2v) is 5.96. The summed E-state index contributed by atoms with van der Waals surface area (Å²) in [6, 6.07) is 20.5. The number of benzene rings is 2. The quantitative estimate of drug-likeness (QED) is 0.750. The number of halogens is 1. The van der Waals surface area contributed by atoms with Gasteiger partial charge in [0.25, 0.3) is 0 Å². The molecule has 124 valence electrons. The van der Waals surface area contributed by atoms with Crippen molar-refractivity contribution in [2.45, 2.75) is 45.1 Å². The van der Waals surface area contributed by atoms with E-state index in [1.54, 1.807) is 6.92 Å². The maximum Gasteiger partial charge on any atom is 0.126 e. The summed E-state index contributed by atoms with van der Waals surface area (Å²) in [5.41, 5.74) is 2.45. The lowest BCUT2D eigenvalue weighted by Gasteiger charge is -2.24. The van der Waals surface area contributed by atoms with Crippen LogP contribution in [0.5, 0.6) is 0 Å². The molecule has 2 rings (SSSR count). The molecule has 3 heteroatoms. The summed E-state index contributed by atoms with van der Waals surface area (Å²) in [5.74, 6) is 0. The smallest absolute Gasteiger partial charge is 0.126 e. The van der Waals surface area contributed by atoms with Crippen LogP contribution in [0.15, 0.2) is 60.7 Å². The van der Waals surface area contributed by atoms with Gasteiger partial charge in [0, 0.05) is 19.6 Å². The first-order valence-electron chi connectivity index (χ1n) is 8.31. The molecule has 0 amide bonds. The average Bonchev–Trinajstić information content (AvgIpc) is 2.60. The maximum absolute atomic E-state index is 13.6. The Morgan fingerprint density at radius 2 is 1.39 bits per heavy atom. The normalized spacial score (nSPS) is 13.9. The van der Waals surface area contributed by atoms with Crippen LogP contribution in [0.25, 0.3) is 0 Å². The highest BCUT2D eigenvalue weighted by atomic mass is 19.1. The van der Waals surface area contributed by atoms with E-state index >= 15 is 0 Å². The van der Waals surface area contributed by atoms with Gasteiger partial charge in [0.05, 0.1) is 6.10 Å². The Labute approximate surface area is 138 Å². The molecule has 0 saturated heterocycles. The first-order valence-corrected chi connectivity index (χ1v) is 8.31. The van der Waals surface area contributed by atoms with Gasteiger partial charge in [-0.3, -0.25) is 4.90 Å². The summed E-state index contributed by atoms with van der Waals surface area (Å²) in [6.45, 7) is 4.03. The number of hydrogen-bond donors (Lipinski definition) is 1. The zero-order valence-corrected chi connectivity index (χ0v) is 13.7. The highest BCUT2D eigenvalue weighted by Crippen LogP contribution is 2.13. The van der Waals surface area contributed by atoms with Crippen molar-refractivity contribution in [3.63, 3.8) is 0 Å². The summed E-state index contributed by atoms with van der Waals surface area (Å²) in [5, 5.41) is 9.90. The first-order chi connectivity index (χ1) is 11.2. The number of rotatable bonds is 9. The van der Waals surface area contributed by atoms with Crippen molar-refractivity contribution in [3.8, 4) is 0 Å². The van der Waals surface area contributed by atoms with Gasteiger partial charge in [0.15, 0.2) is 0 Å². The molecular formula is C20H26FNO. The van der Waals surface area contributed by atoms with E-state index in [0.717, 1.165) is 13.1 Å². The van der Waals surface area contributed by atoms with E-state index in [9.17, 15) is 9.50 Å². The highest BCUT2D eigenvalue weighted by molar-refractivity contribution is 5.17. The van der Waals surface area contributed by atoms with Gasteiger partial charge >= 0.3 is 0 Å². The molecular weight excluding hydrogens is 289 g/mol. The minimum atomic E-state index is -1.13. The number of aliphatic hydroxyl groups excluding tert-OH is 1. The molecule has 2 nitrogen and oxygen atoms in total. The summed E-state index contributed by atoms with van der Waals surface area (Å²) in [6.07, 6.45) is -1.20. The molecule has 0 radical (unpaired) electrons. The molecule has 0 spiro atoms. The van der Waals surface area contributed by atoms with Gasteiger partial charge in [-0.25, -0.2) is 4.39 Å². The summed E-state index contributed by atoms with van der Waals surface area (Å²) in [4.78, 5) is 2.26. The maximum atomic E-state index is 13.6. The average molecular weight is 315 g/mol. The summed E-state index contributed by atoms with van der Waals surface area (Å²) >= 11 is 0. The molecule has 0 aliphatic heterocycles. The highest BCUT2D eigenvalue weighted by Gasteiger charge is 2.17. The van der Waals surface area contributed by atoms with Crippen LogP contribution in [-0.4, -0.2) is 28.8 Å². The molecule has 0 aromatic heterocycles. The van der Waals surface area contributed by atoms with Crippen LogP contribution in [0, 0.1) is 0 Å². The predicted molar refractivity (Wildman–Crippen MR) is 92.8 cm³/mol. The lowest BCUT2D eigenvalue weighted by Crippen LogP contribution is -2.30. The molecule has 2 aromatic rings. The Kier molecular flexibility index (Phi) is 7.24. The fraction of sp³-hybridized carbons (Fsp3) is 0.400.